The van der Waals surface area contributed by atoms with E-state index in [1.54, 1.807) is 7.11 Å². The first-order valence-corrected chi connectivity index (χ1v) is 8.35. The molecule has 1 heterocycles. The van der Waals surface area contributed by atoms with E-state index in [2.05, 4.69) is 58.5 Å². The number of likely N-dealkylation sites (tertiary alicyclic amines) is 1. The van der Waals surface area contributed by atoms with Crippen molar-refractivity contribution in [2.75, 3.05) is 59.4 Å². The zero-order valence-electron chi connectivity index (χ0n) is 15.3. The van der Waals surface area contributed by atoms with Gasteiger partial charge in [0.15, 0.2) is 5.96 Å². The van der Waals surface area contributed by atoms with Gasteiger partial charge in [-0.05, 0) is 30.5 Å². The number of rotatable bonds is 6. The van der Waals surface area contributed by atoms with E-state index in [9.17, 15) is 0 Å². The van der Waals surface area contributed by atoms with E-state index in [0.29, 0.717) is 5.92 Å². The predicted octanol–water partition coefficient (Wildman–Crippen LogP) is 2.46. The maximum atomic E-state index is 5.26. The van der Waals surface area contributed by atoms with Gasteiger partial charge in [0.1, 0.15) is 0 Å². The van der Waals surface area contributed by atoms with Gasteiger partial charge < -0.3 is 19.9 Å². The van der Waals surface area contributed by atoms with E-state index in [4.69, 9.17) is 4.74 Å². The maximum Gasteiger partial charge on any atom is 0.193 e. The number of nitrogens with zero attached hydrogens (tertiary/aromatic N) is 3. The molecule has 5 nitrogen and oxygen atoms in total. The molecule has 1 aliphatic rings. The molecule has 0 spiro atoms. The van der Waals surface area contributed by atoms with Crippen LogP contribution in [0.15, 0.2) is 29.3 Å². The average Bonchev–Trinajstić information content (AvgIpc) is 3.01. The highest BCUT2D eigenvalue weighted by Crippen LogP contribution is 2.16. The zero-order valence-corrected chi connectivity index (χ0v) is 17.6. The van der Waals surface area contributed by atoms with E-state index >= 15 is 0 Å². The molecule has 1 fully saturated rings. The third-order valence-corrected chi connectivity index (χ3v) is 4.35. The summed E-state index contributed by atoms with van der Waals surface area (Å²) < 4.78 is 5.26. The summed E-state index contributed by atoms with van der Waals surface area (Å²) in [6.45, 7) is 3.83. The molecule has 0 bridgehead atoms. The Balaban J connectivity index is 0.00000288. The van der Waals surface area contributed by atoms with Crippen molar-refractivity contribution in [3.05, 3.63) is 29.8 Å². The monoisotopic (exact) mass is 446 g/mol. The molecule has 0 aliphatic carbocycles. The minimum Gasteiger partial charge on any atom is -0.384 e. The number of benzene rings is 1. The molecule has 6 heteroatoms. The molecule has 1 aromatic rings. The minimum absolute atomic E-state index is 0. The molecule has 0 aromatic heterocycles. The second-order valence-corrected chi connectivity index (χ2v) is 6.34. The quantitative estimate of drug-likeness (QED) is 0.414. The fourth-order valence-electron chi connectivity index (χ4n) is 3.01. The molecule has 1 aliphatic heterocycles. The summed E-state index contributed by atoms with van der Waals surface area (Å²) in [7, 11) is 7.76. The highest BCUT2D eigenvalue weighted by Gasteiger charge is 2.24. The van der Waals surface area contributed by atoms with Gasteiger partial charge in [0, 0.05) is 59.5 Å². The van der Waals surface area contributed by atoms with Crippen LogP contribution >= 0.6 is 24.0 Å². The molecular weight excluding hydrogens is 415 g/mol. The molecule has 0 radical (unpaired) electrons. The second kappa shape index (κ2) is 10.8. The summed E-state index contributed by atoms with van der Waals surface area (Å²) >= 11 is 0. The van der Waals surface area contributed by atoms with Gasteiger partial charge >= 0.3 is 0 Å². The van der Waals surface area contributed by atoms with Crippen LogP contribution in [0.25, 0.3) is 0 Å². The Kier molecular flexibility index (Phi) is 9.43. The smallest absolute Gasteiger partial charge is 0.193 e. The molecule has 1 aromatic carbocycles. The van der Waals surface area contributed by atoms with Gasteiger partial charge in [-0.25, -0.2) is 0 Å². The SMILES string of the molecule is CN=C(NCCc1ccc(N(C)C)cc1)N1CCC(COC)C1.I. The van der Waals surface area contributed by atoms with Crippen LogP contribution in [0, 0.1) is 5.92 Å². The third kappa shape index (κ3) is 6.12. The Morgan fingerprint density at radius 2 is 2.04 bits per heavy atom. The summed E-state index contributed by atoms with van der Waals surface area (Å²) in [6, 6.07) is 8.73. The van der Waals surface area contributed by atoms with E-state index in [0.717, 1.165) is 38.6 Å². The Morgan fingerprint density at radius 1 is 1.33 bits per heavy atom. The highest BCUT2D eigenvalue weighted by molar-refractivity contribution is 14.0. The second-order valence-electron chi connectivity index (χ2n) is 6.34. The summed E-state index contributed by atoms with van der Waals surface area (Å²) in [6.07, 6.45) is 2.18. The molecule has 0 amide bonds. The number of hydrogen-bond acceptors (Lipinski definition) is 3. The molecule has 2 rings (SSSR count). The van der Waals surface area contributed by atoms with Gasteiger partial charge in [0.2, 0.25) is 0 Å². The van der Waals surface area contributed by atoms with Crippen molar-refractivity contribution in [3.63, 3.8) is 0 Å². The summed E-state index contributed by atoms with van der Waals surface area (Å²) in [5, 5.41) is 3.48. The Labute approximate surface area is 163 Å². The van der Waals surface area contributed by atoms with Crippen molar-refractivity contribution in [3.8, 4) is 0 Å². The molecular formula is C18H31IN4O. The van der Waals surface area contributed by atoms with Gasteiger partial charge in [0.25, 0.3) is 0 Å². The molecule has 136 valence electrons. The minimum atomic E-state index is 0. The van der Waals surface area contributed by atoms with Gasteiger partial charge in [0.05, 0.1) is 6.61 Å². The van der Waals surface area contributed by atoms with Crippen LogP contribution < -0.4 is 10.2 Å². The van der Waals surface area contributed by atoms with Crippen LogP contribution in [0.2, 0.25) is 0 Å². The van der Waals surface area contributed by atoms with Crippen molar-refractivity contribution in [2.45, 2.75) is 12.8 Å². The summed E-state index contributed by atoms with van der Waals surface area (Å²) in [4.78, 5) is 8.87. The molecule has 1 N–H and O–H groups in total. The van der Waals surface area contributed by atoms with Crippen molar-refractivity contribution in [2.24, 2.45) is 10.9 Å². The van der Waals surface area contributed by atoms with Gasteiger partial charge in [-0.3, -0.25) is 4.99 Å². The Morgan fingerprint density at radius 3 is 2.62 bits per heavy atom. The number of methoxy groups -OCH3 is 1. The Hall–Kier alpha value is -1.02. The van der Waals surface area contributed by atoms with Gasteiger partial charge in [-0.15, -0.1) is 24.0 Å². The number of halogens is 1. The van der Waals surface area contributed by atoms with Crippen molar-refractivity contribution < 1.29 is 4.74 Å². The van der Waals surface area contributed by atoms with Crippen molar-refractivity contribution in [1.29, 1.82) is 0 Å². The first kappa shape index (κ1) is 21.0. The van der Waals surface area contributed by atoms with Crippen LogP contribution in [0.1, 0.15) is 12.0 Å². The number of aliphatic imine (C=N–C) groups is 1. The third-order valence-electron chi connectivity index (χ3n) is 4.35. The first-order chi connectivity index (χ1) is 11.1. The van der Waals surface area contributed by atoms with Crippen LogP contribution in [0.5, 0.6) is 0 Å². The molecule has 0 saturated carbocycles. The first-order valence-electron chi connectivity index (χ1n) is 8.35. The van der Waals surface area contributed by atoms with Gasteiger partial charge in [-0.2, -0.15) is 0 Å². The fraction of sp³-hybridized carbons (Fsp3) is 0.611. The standard InChI is InChI=1S/C18H30N4O.HI/c1-19-18(22-12-10-16(13-22)14-23-4)20-11-9-15-5-7-17(8-6-15)21(2)3;/h5-8,16H,9-14H2,1-4H3,(H,19,20);1H. The number of hydrogen-bond donors (Lipinski definition) is 1. The molecule has 1 saturated heterocycles. The van der Waals surface area contributed by atoms with Crippen LogP contribution in [0.3, 0.4) is 0 Å². The predicted molar refractivity (Wildman–Crippen MR) is 113 cm³/mol. The Bertz CT molecular complexity index is 504. The molecule has 1 unspecified atom stereocenters. The lowest BCUT2D eigenvalue weighted by Gasteiger charge is -2.21. The number of guanidine groups is 1. The number of anilines is 1. The normalized spacial score (nSPS) is 17.6. The van der Waals surface area contributed by atoms with E-state index in [1.807, 2.05) is 7.05 Å². The largest absolute Gasteiger partial charge is 0.384 e. The number of ether oxygens (including phenoxy) is 1. The zero-order chi connectivity index (χ0) is 16.7. The van der Waals surface area contributed by atoms with Crippen LogP contribution in [-0.4, -0.2) is 65.4 Å². The lowest BCUT2D eigenvalue weighted by Crippen LogP contribution is -2.41. The fourth-order valence-corrected chi connectivity index (χ4v) is 3.01. The van der Waals surface area contributed by atoms with E-state index in [-0.39, 0.29) is 24.0 Å². The lowest BCUT2D eigenvalue weighted by molar-refractivity contribution is 0.157. The number of nitrogens with one attached hydrogen (secondary N) is 1. The van der Waals surface area contributed by atoms with Crippen LogP contribution in [-0.2, 0) is 11.2 Å². The average molecular weight is 446 g/mol. The molecule has 1 atom stereocenters. The highest BCUT2D eigenvalue weighted by atomic mass is 127. The van der Waals surface area contributed by atoms with Crippen LogP contribution in [0.4, 0.5) is 5.69 Å². The summed E-state index contributed by atoms with van der Waals surface area (Å²) in [5.74, 6) is 1.63. The topological polar surface area (TPSA) is 40.1 Å². The molecule has 24 heavy (non-hydrogen) atoms. The summed E-state index contributed by atoms with van der Waals surface area (Å²) in [5.41, 5.74) is 2.58. The van der Waals surface area contributed by atoms with E-state index in [1.165, 1.54) is 17.7 Å². The van der Waals surface area contributed by atoms with Crippen molar-refractivity contribution >= 4 is 35.6 Å². The van der Waals surface area contributed by atoms with Crippen molar-refractivity contribution in [1.82, 2.24) is 10.2 Å². The van der Waals surface area contributed by atoms with Gasteiger partial charge in [-0.1, -0.05) is 12.1 Å². The lowest BCUT2D eigenvalue weighted by atomic mass is 10.1. The maximum absolute atomic E-state index is 5.26. The van der Waals surface area contributed by atoms with E-state index < -0.39 is 0 Å².